The van der Waals surface area contributed by atoms with Crippen LogP contribution in [0.15, 0.2) is 446 Å². The highest BCUT2D eigenvalue weighted by atomic mass is 16.3. The van der Waals surface area contributed by atoms with Gasteiger partial charge in [-0.05, 0) is 216 Å². The van der Waals surface area contributed by atoms with Gasteiger partial charge in [0.25, 0.3) is 0 Å². The van der Waals surface area contributed by atoms with E-state index in [0.29, 0.717) is 34.9 Å². The van der Waals surface area contributed by atoms with Crippen LogP contribution in [0.5, 0.6) is 0 Å². The molecule has 0 radical (unpaired) electrons. The summed E-state index contributed by atoms with van der Waals surface area (Å²) in [7, 11) is 0. The normalized spacial score (nSPS) is 12.0. The van der Waals surface area contributed by atoms with Gasteiger partial charge >= 0.3 is 0 Å². The van der Waals surface area contributed by atoms with E-state index in [2.05, 4.69) is 428 Å². The predicted octanol–water partition coefficient (Wildman–Crippen LogP) is 32.9. The van der Waals surface area contributed by atoms with Crippen molar-refractivity contribution in [2.24, 2.45) is 0 Å². The Balaban J connectivity index is 0.000000133. The molecule has 0 amide bonds. The molecule has 29 rings (SSSR count). The molecule has 6 heterocycles. The van der Waals surface area contributed by atoms with E-state index in [1.54, 1.807) is 0 Å². The van der Waals surface area contributed by atoms with Crippen LogP contribution in [0.2, 0.25) is 0 Å². The lowest BCUT2D eigenvalue weighted by atomic mass is 9.96. The standard InChI is InChI=1S/C63H36N4O.C61H36N4O/c1-2-17-39-36-56-53(33-38(39)16-1)58-44-22-8-3-15-37(44)29-31-54(58)67(56)55-32-30-50(59-49-27-13-14-28-57(49)68-60(55)59)61-64-62(51-34-40-18-4-6-20-42(40)45-23-9-11-25-47(45)51)66-63(65-61)52-35-41-19-5-7-21-43(41)46-24-10-12-26-48(46)52;1-2-15-37(16-3-1)39-21-14-22-43(33-39)59-62-60(64-61(63-59)50-35-42-20-7-8-23-44(42)46-25-10-11-26-47(46)50)49-30-32-53(58-57(49)48-27-12-13-28-55(48)66-58)65-52-31-29-38-17-6-9-24-45(38)56(52)51-34-40-18-4-5-19-41(40)36-54(51)65/h1-36H;1-36H. The topological polar surface area (TPSA) is 113 Å². The highest BCUT2D eigenvalue weighted by Gasteiger charge is 2.29. The Hall–Kier alpha value is -18.1. The highest BCUT2D eigenvalue weighted by Crippen LogP contribution is 2.50. The zero-order valence-corrected chi connectivity index (χ0v) is 72.0. The van der Waals surface area contributed by atoms with Crippen molar-refractivity contribution in [2.45, 2.75) is 0 Å². The van der Waals surface area contributed by atoms with Gasteiger partial charge in [0.2, 0.25) is 0 Å². The summed E-state index contributed by atoms with van der Waals surface area (Å²) in [6.45, 7) is 0. The van der Waals surface area contributed by atoms with Crippen LogP contribution in [0.3, 0.4) is 0 Å². The first-order valence-electron chi connectivity index (χ1n) is 45.4. The van der Waals surface area contributed by atoms with Crippen molar-refractivity contribution in [1.82, 2.24) is 39.0 Å². The van der Waals surface area contributed by atoms with Crippen LogP contribution in [0.1, 0.15) is 0 Å². The third kappa shape index (κ3) is 11.7. The first kappa shape index (κ1) is 74.9. The van der Waals surface area contributed by atoms with Crippen LogP contribution in [0.4, 0.5) is 0 Å². The second kappa shape index (κ2) is 29.7. The monoisotopic (exact) mass is 1700 g/mol. The molecule has 0 aliphatic carbocycles. The smallest absolute Gasteiger partial charge is 0.164 e. The van der Waals surface area contributed by atoms with Crippen molar-refractivity contribution in [2.75, 3.05) is 0 Å². The Bertz CT molecular complexity index is 9950. The number of hydrogen-bond acceptors (Lipinski definition) is 8. The Morgan fingerprint density at radius 3 is 0.873 bits per heavy atom. The van der Waals surface area contributed by atoms with Crippen molar-refractivity contribution in [1.29, 1.82) is 0 Å². The first-order chi connectivity index (χ1) is 66.4. The van der Waals surface area contributed by atoms with Crippen molar-refractivity contribution in [3.8, 4) is 90.8 Å². The van der Waals surface area contributed by atoms with Gasteiger partial charge < -0.3 is 18.0 Å². The van der Waals surface area contributed by atoms with E-state index < -0.39 is 0 Å². The van der Waals surface area contributed by atoms with Crippen LogP contribution in [-0.4, -0.2) is 39.0 Å². The number of rotatable bonds is 9. The van der Waals surface area contributed by atoms with E-state index in [1.165, 1.54) is 80.8 Å². The van der Waals surface area contributed by atoms with Gasteiger partial charge in [0, 0.05) is 76.5 Å². The summed E-state index contributed by atoms with van der Waals surface area (Å²) in [5.74, 6) is 3.55. The van der Waals surface area contributed by atoms with Crippen LogP contribution in [0.25, 0.3) is 286 Å². The number of aromatic nitrogens is 8. The number of hydrogen-bond donors (Lipinski definition) is 0. The van der Waals surface area contributed by atoms with E-state index in [1.807, 2.05) is 18.2 Å². The summed E-state index contributed by atoms with van der Waals surface area (Å²) in [6.07, 6.45) is 0. The molecule has 0 fully saturated rings. The molecule has 620 valence electrons. The molecule has 0 saturated heterocycles. The summed E-state index contributed by atoms with van der Waals surface area (Å²) >= 11 is 0. The SMILES string of the molecule is c1ccc(-c2cccc(-c3nc(-c4cc5ccccc5c5ccccc45)nc(-c4ccc(-n5c6cc7ccccc7cc6c6c7ccccc7ccc65)c5oc6ccccc6c45)n3)c2)cc1.c1ccc2cc3c(cc2c1)c1c2ccccc2ccc1n3-c1ccc(-c2nc(-c3cc4ccccc4c4ccccc34)nc(-c3cc4ccccc4c4ccccc34)n2)c2c1oc1ccccc12. The number of para-hydroxylation sites is 2. The van der Waals surface area contributed by atoms with Crippen molar-refractivity contribution in [3.05, 3.63) is 437 Å². The molecule has 10 nitrogen and oxygen atoms in total. The third-order valence-corrected chi connectivity index (χ3v) is 27.5. The van der Waals surface area contributed by atoms with Gasteiger partial charge in [-0.1, -0.05) is 340 Å². The van der Waals surface area contributed by atoms with Gasteiger partial charge in [0.15, 0.2) is 46.1 Å². The number of benzene rings is 23. The maximum absolute atomic E-state index is 7.09. The predicted molar refractivity (Wildman–Crippen MR) is 556 cm³/mol. The minimum atomic E-state index is 0.569. The lowest BCUT2D eigenvalue weighted by Gasteiger charge is -2.15. The minimum Gasteiger partial charge on any atom is -0.454 e. The van der Waals surface area contributed by atoms with E-state index in [4.69, 9.17) is 38.7 Å². The second-order valence-corrected chi connectivity index (χ2v) is 35.0. The quantitative estimate of drug-likeness (QED) is 0.131. The van der Waals surface area contributed by atoms with Crippen molar-refractivity contribution < 1.29 is 8.83 Å². The molecule has 0 saturated carbocycles. The number of furan rings is 2. The van der Waals surface area contributed by atoms with Gasteiger partial charge in [-0.3, -0.25) is 0 Å². The Morgan fingerprint density at radius 1 is 0.157 bits per heavy atom. The van der Waals surface area contributed by atoms with E-state index in [9.17, 15) is 0 Å². The largest absolute Gasteiger partial charge is 0.454 e. The molecular formula is C124H72N8O2. The molecule has 0 bridgehead atoms. The molecule has 134 heavy (non-hydrogen) atoms. The molecule has 0 aliphatic rings. The first-order valence-corrected chi connectivity index (χ1v) is 45.4. The van der Waals surface area contributed by atoms with Gasteiger partial charge in [0.05, 0.1) is 33.4 Å². The fourth-order valence-corrected chi connectivity index (χ4v) is 21.5. The Labute approximate surface area is 765 Å². The molecule has 0 N–H and O–H groups in total. The van der Waals surface area contributed by atoms with Crippen LogP contribution in [0, 0.1) is 0 Å². The van der Waals surface area contributed by atoms with Gasteiger partial charge in [-0.15, -0.1) is 0 Å². The molecular weight excluding hydrogens is 1630 g/mol. The fraction of sp³-hybridized carbons (Fsp3) is 0. The lowest BCUT2D eigenvalue weighted by Crippen LogP contribution is -2.02. The van der Waals surface area contributed by atoms with Gasteiger partial charge in [-0.25, -0.2) is 29.9 Å². The fourth-order valence-electron chi connectivity index (χ4n) is 21.5. The summed E-state index contributed by atoms with van der Waals surface area (Å²) < 4.78 is 18.9. The lowest BCUT2D eigenvalue weighted by molar-refractivity contribution is 0.666. The molecule has 29 aromatic rings. The number of nitrogens with zero attached hydrogens (tertiary/aromatic N) is 8. The van der Waals surface area contributed by atoms with Gasteiger partial charge in [-0.2, -0.15) is 0 Å². The molecule has 10 heteroatoms. The summed E-state index contributed by atoms with van der Waals surface area (Å²) in [6, 6.07) is 155. The zero-order chi connectivity index (χ0) is 87.7. The molecule has 6 aromatic heterocycles. The average molecular weight is 1710 g/mol. The van der Waals surface area contributed by atoms with Gasteiger partial charge in [0.1, 0.15) is 11.2 Å². The maximum atomic E-state index is 7.09. The Morgan fingerprint density at radius 2 is 0.463 bits per heavy atom. The van der Waals surface area contributed by atoms with Crippen LogP contribution >= 0.6 is 0 Å². The average Bonchev–Trinajstić information content (AvgIpc) is 1.57. The second-order valence-electron chi connectivity index (χ2n) is 35.0. The minimum absolute atomic E-state index is 0.569. The molecule has 0 aliphatic heterocycles. The molecule has 23 aromatic carbocycles. The zero-order valence-electron chi connectivity index (χ0n) is 72.0. The van der Waals surface area contributed by atoms with Crippen molar-refractivity contribution in [3.63, 3.8) is 0 Å². The molecule has 0 spiro atoms. The molecule has 0 unspecified atom stereocenters. The maximum Gasteiger partial charge on any atom is 0.164 e. The van der Waals surface area contributed by atoms with Crippen LogP contribution < -0.4 is 0 Å². The molecule has 0 atom stereocenters. The summed E-state index contributed by atoms with van der Waals surface area (Å²) in [5.41, 5.74) is 17.1. The van der Waals surface area contributed by atoms with Crippen LogP contribution in [-0.2, 0) is 0 Å². The summed E-state index contributed by atoms with van der Waals surface area (Å²) in [5, 5.41) is 32.0. The van der Waals surface area contributed by atoms with Crippen molar-refractivity contribution >= 4 is 195 Å². The number of fused-ring (bicyclic) bond motifs is 27. The summed E-state index contributed by atoms with van der Waals surface area (Å²) in [4.78, 5) is 32.7. The highest BCUT2D eigenvalue weighted by molar-refractivity contribution is 6.28. The Kier molecular flexibility index (Phi) is 16.6. The third-order valence-electron chi connectivity index (χ3n) is 27.5. The van der Waals surface area contributed by atoms with E-state index in [0.717, 1.165) is 170 Å². The van der Waals surface area contributed by atoms with E-state index >= 15 is 0 Å². The van der Waals surface area contributed by atoms with E-state index in [-0.39, 0.29) is 0 Å².